The number of hydrogen-bond acceptors (Lipinski definition) is 5. The second kappa shape index (κ2) is 9.18. The highest BCUT2D eigenvalue weighted by atomic mass is 16.5. The Labute approximate surface area is 194 Å². The van der Waals surface area contributed by atoms with Gasteiger partial charge in [-0.2, -0.15) is 0 Å². The van der Waals surface area contributed by atoms with Gasteiger partial charge < -0.3 is 19.4 Å². The molecule has 176 valence electrons. The van der Waals surface area contributed by atoms with Gasteiger partial charge in [-0.05, 0) is 79.2 Å². The van der Waals surface area contributed by atoms with E-state index in [1.807, 2.05) is 19.1 Å². The van der Waals surface area contributed by atoms with Crippen LogP contribution in [0.25, 0.3) is 0 Å². The Bertz CT molecular complexity index is 1010. The maximum atomic E-state index is 12.6. The predicted octanol–water partition coefficient (Wildman–Crippen LogP) is 4.88. The van der Waals surface area contributed by atoms with Crippen molar-refractivity contribution in [3.63, 3.8) is 0 Å². The van der Waals surface area contributed by atoms with Gasteiger partial charge in [-0.3, -0.25) is 0 Å². The number of carbonyl (C=O) groups is 2. The van der Waals surface area contributed by atoms with Crippen LogP contribution >= 0.6 is 0 Å². The Morgan fingerprint density at radius 1 is 1.18 bits per heavy atom. The van der Waals surface area contributed by atoms with E-state index in [0.29, 0.717) is 24.0 Å². The summed E-state index contributed by atoms with van der Waals surface area (Å²) >= 11 is 0. The number of aliphatic carboxylic acids is 1. The summed E-state index contributed by atoms with van der Waals surface area (Å²) in [6.45, 7) is 4.46. The molecular formula is C27H32O6. The number of aliphatic hydroxyl groups is 1. The molecule has 2 aromatic rings. The van der Waals surface area contributed by atoms with Crippen LogP contribution in [0.5, 0.6) is 0 Å². The van der Waals surface area contributed by atoms with Crippen LogP contribution in [0.15, 0.2) is 65.0 Å². The summed E-state index contributed by atoms with van der Waals surface area (Å²) in [4.78, 5) is 24.7. The van der Waals surface area contributed by atoms with Gasteiger partial charge in [0, 0.05) is 11.0 Å². The highest BCUT2D eigenvalue weighted by Gasteiger charge is 2.57. The number of benzene rings is 1. The zero-order valence-corrected chi connectivity index (χ0v) is 19.2. The van der Waals surface area contributed by atoms with Gasteiger partial charge in [0.05, 0.1) is 30.8 Å². The van der Waals surface area contributed by atoms with Crippen LogP contribution in [0.3, 0.4) is 0 Å². The average Bonchev–Trinajstić information content (AvgIpc) is 3.32. The van der Waals surface area contributed by atoms with Crippen LogP contribution in [-0.2, 0) is 16.0 Å². The molecule has 5 atom stereocenters. The maximum Gasteiger partial charge on any atom is 0.338 e. The quantitative estimate of drug-likeness (QED) is 0.581. The van der Waals surface area contributed by atoms with Gasteiger partial charge in [0.25, 0.3) is 0 Å². The van der Waals surface area contributed by atoms with E-state index < -0.39 is 17.5 Å². The minimum Gasteiger partial charge on any atom is -0.478 e. The van der Waals surface area contributed by atoms with Crippen LogP contribution in [0.4, 0.5) is 0 Å². The number of fused-ring (bicyclic) bond motifs is 1. The van der Waals surface area contributed by atoms with Crippen LogP contribution in [-0.4, -0.2) is 34.9 Å². The Morgan fingerprint density at radius 2 is 1.94 bits per heavy atom. The monoisotopic (exact) mass is 452 g/mol. The maximum absolute atomic E-state index is 12.6. The van der Waals surface area contributed by atoms with Crippen molar-refractivity contribution in [1.29, 1.82) is 0 Å². The summed E-state index contributed by atoms with van der Waals surface area (Å²) in [7, 11) is 0. The first-order chi connectivity index (χ1) is 15.7. The molecule has 2 aliphatic rings. The number of aliphatic hydroxyl groups excluding tert-OH is 1. The van der Waals surface area contributed by atoms with Crippen molar-refractivity contribution in [2.45, 2.75) is 52.1 Å². The third-order valence-electron chi connectivity index (χ3n) is 8.15. The van der Waals surface area contributed by atoms with Gasteiger partial charge in [-0.15, -0.1) is 0 Å². The van der Waals surface area contributed by atoms with Gasteiger partial charge >= 0.3 is 11.9 Å². The van der Waals surface area contributed by atoms with Crippen molar-refractivity contribution < 1.29 is 29.0 Å². The van der Waals surface area contributed by atoms with Crippen LogP contribution in [0.2, 0.25) is 0 Å². The molecule has 1 aromatic carbocycles. The van der Waals surface area contributed by atoms with Gasteiger partial charge in [0.2, 0.25) is 0 Å². The molecule has 0 bridgehead atoms. The van der Waals surface area contributed by atoms with Gasteiger partial charge in [-0.25, -0.2) is 9.59 Å². The van der Waals surface area contributed by atoms with Crippen molar-refractivity contribution >= 4 is 11.9 Å². The van der Waals surface area contributed by atoms with Crippen molar-refractivity contribution in [3.8, 4) is 0 Å². The number of hydrogen-bond donors (Lipinski definition) is 2. The van der Waals surface area contributed by atoms with E-state index in [0.717, 1.165) is 24.8 Å². The molecule has 33 heavy (non-hydrogen) atoms. The molecule has 6 heteroatoms. The SMILES string of the molecule is CC12CCC(COC(=O)c3ccccc3)C(C)(CCc3ccoc3)C1CC(O)C=C2C(=O)O. The van der Waals surface area contributed by atoms with E-state index in [9.17, 15) is 19.8 Å². The second-order valence-corrected chi connectivity index (χ2v) is 10.00. The molecule has 0 aliphatic heterocycles. The number of carboxylic acids is 1. The van der Waals surface area contributed by atoms with E-state index >= 15 is 0 Å². The summed E-state index contributed by atoms with van der Waals surface area (Å²) in [5, 5.41) is 20.5. The summed E-state index contributed by atoms with van der Waals surface area (Å²) in [6.07, 6.45) is 7.57. The number of furan rings is 1. The third-order valence-corrected chi connectivity index (χ3v) is 8.15. The van der Waals surface area contributed by atoms with E-state index in [1.165, 1.54) is 6.08 Å². The summed E-state index contributed by atoms with van der Waals surface area (Å²) in [5.41, 5.74) is 1.02. The number of carboxylic acid groups (broad SMARTS) is 1. The first kappa shape index (κ1) is 23.3. The fourth-order valence-corrected chi connectivity index (χ4v) is 6.18. The number of ether oxygens (including phenoxy) is 1. The van der Waals surface area contributed by atoms with E-state index in [-0.39, 0.29) is 29.8 Å². The molecule has 0 radical (unpaired) electrons. The smallest absolute Gasteiger partial charge is 0.338 e. The Hall–Kier alpha value is -2.86. The highest BCUT2D eigenvalue weighted by Crippen LogP contribution is 2.62. The number of esters is 1. The Morgan fingerprint density at radius 3 is 2.61 bits per heavy atom. The molecule has 5 unspecified atom stereocenters. The van der Waals surface area contributed by atoms with E-state index in [1.54, 1.807) is 36.8 Å². The zero-order valence-electron chi connectivity index (χ0n) is 19.2. The molecule has 0 saturated heterocycles. The molecule has 0 spiro atoms. The molecule has 1 heterocycles. The topological polar surface area (TPSA) is 97.0 Å². The lowest BCUT2D eigenvalue weighted by Gasteiger charge is -2.58. The summed E-state index contributed by atoms with van der Waals surface area (Å²) < 4.78 is 11.0. The highest BCUT2D eigenvalue weighted by molar-refractivity contribution is 5.89. The van der Waals surface area contributed by atoms with E-state index in [2.05, 4.69) is 6.92 Å². The zero-order chi connectivity index (χ0) is 23.6. The lowest BCUT2D eigenvalue weighted by Crippen LogP contribution is -2.54. The molecular weight excluding hydrogens is 420 g/mol. The minimum atomic E-state index is -0.965. The fourth-order valence-electron chi connectivity index (χ4n) is 6.18. The third kappa shape index (κ3) is 4.49. The molecule has 2 aliphatic carbocycles. The molecule has 6 nitrogen and oxygen atoms in total. The number of carbonyl (C=O) groups excluding carboxylic acids is 1. The van der Waals surface area contributed by atoms with E-state index in [4.69, 9.17) is 9.15 Å². The molecule has 1 fully saturated rings. The van der Waals surface area contributed by atoms with Crippen molar-refractivity contribution in [3.05, 3.63) is 71.7 Å². The Balaban J connectivity index is 1.61. The standard InChI is InChI=1S/C27H32O6/c1-26(11-8-18-10-13-32-16-18)20(17-33-25(31)19-6-4-3-5-7-19)9-12-27(2)22(24(29)30)14-21(28)15-23(26)27/h3-7,10,13-14,16,20-21,23,28H,8-9,11-12,15,17H2,1-2H3,(H,29,30). The lowest BCUT2D eigenvalue weighted by molar-refractivity contribution is -0.139. The van der Waals surface area contributed by atoms with Crippen LogP contribution < -0.4 is 0 Å². The molecule has 2 N–H and O–H groups in total. The first-order valence-corrected chi connectivity index (χ1v) is 11.6. The normalized spacial score (nSPS) is 31.4. The van der Waals surface area contributed by atoms with Crippen molar-refractivity contribution in [2.24, 2.45) is 22.7 Å². The molecule has 4 rings (SSSR count). The first-order valence-electron chi connectivity index (χ1n) is 11.6. The molecule has 1 saturated carbocycles. The minimum absolute atomic E-state index is 0.0514. The predicted molar refractivity (Wildman–Crippen MR) is 123 cm³/mol. The molecule has 0 amide bonds. The van der Waals surface area contributed by atoms with Crippen molar-refractivity contribution in [1.82, 2.24) is 0 Å². The fraction of sp³-hybridized carbons (Fsp3) is 0.481. The number of rotatable bonds is 7. The lowest BCUT2D eigenvalue weighted by atomic mass is 9.46. The van der Waals surface area contributed by atoms with Gasteiger partial charge in [0.15, 0.2) is 0 Å². The van der Waals surface area contributed by atoms with Crippen LogP contribution in [0.1, 0.15) is 55.5 Å². The Kier molecular flexibility index (Phi) is 6.48. The van der Waals surface area contributed by atoms with Gasteiger partial charge in [-0.1, -0.05) is 32.0 Å². The number of aryl methyl sites for hydroxylation is 1. The van der Waals surface area contributed by atoms with Gasteiger partial charge in [0.1, 0.15) is 0 Å². The van der Waals surface area contributed by atoms with Crippen LogP contribution in [0, 0.1) is 22.7 Å². The largest absolute Gasteiger partial charge is 0.478 e. The van der Waals surface area contributed by atoms with Crippen molar-refractivity contribution in [2.75, 3.05) is 6.61 Å². The summed E-state index contributed by atoms with van der Waals surface area (Å²) in [5.74, 6) is -1.32. The second-order valence-electron chi connectivity index (χ2n) is 10.00. The molecule has 1 aromatic heterocycles. The summed E-state index contributed by atoms with van der Waals surface area (Å²) in [6, 6.07) is 10.9. The average molecular weight is 453 g/mol.